The molecule has 0 saturated heterocycles. The van der Waals surface area contributed by atoms with Crippen LogP contribution in [0.4, 0.5) is 0 Å². The van der Waals surface area contributed by atoms with Crippen LogP contribution in [0, 0.1) is 0 Å². The number of fused-ring (bicyclic) bond motifs is 9. The van der Waals surface area contributed by atoms with Crippen LogP contribution in [-0.2, 0) is 5.41 Å². The van der Waals surface area contributed by atoms with E-state index in [0.717, 1.165) is 38.9 Å². The fourth-order valence-electron chi connectivity index (χ4n) is 8.70. The molecule has 4 heteroatoms. The van der Waals surface area contributed by atoms with E-state index in [4.69, 9.17) is 15.0 Å². The van der Waals surface area contributed by atoms with E-state index < -0.39 is 5.41 Å². The van der Waals surface area contributed by atoms with Crippen molar-refractivity contribution >= 4 is 11.8 Å². The third-order valence-electron chi connectivity index (χ3n) is 11.2. The van der Waals surface area contributed by atoms with Crippen molar-refractivity contribution in [2.75, 3.05) is 0 Å². The van der Waals surface area contributed by atoms with Crippen LogP contribution in [0.1, 0.15) is 22.3 Å². The zero-order valence-corrected chi connectivity index (χ0v) is 31.1. The van der Waals surface area contributed by atoms with Gasteiger partial charge >= 0.3 is 0 Å². The first-order valence-electron chi connectivity index (χ1n) is 18.9. The Kier molecular flexibility index (Phi) is 7.64. The highest BCUT2D eigenvalue weighted by Crippen LogP contribution is 2.62. The molecule has 0 unspecified atom stereocenters. The summed E-state index contributed by atoms with van der Waals surface area (Å²) < 4.78 is 0. The summed E-state index contributed by atoms with van der Waals surface area (Å²) >= 11 is 1.84. The Balaban J connectivity index is 1.14. The Morgan fingerprint density at radius 3 is 1.25 bits per heavy atom. The molecule has 0 saturated carbocycles. The van der Waals surface area contributed by atoms with Crippen molar-refractivity contribution in [3.8, 4) is 67.5 Å². The van der Waals surface area contributed by atoms with E-state index in [1.54, 1.807) is 0 Å². The second kappa shape index (κ2) is 13.2. The van der Waals surface area contributed by atoms with E-state index in [0.29, 0.717) is 17.5 Å². The molecule has 0 bridgehead atoms. The van der Waals surface area contributed by atoms with Crippen LogP contribution in [0.5, 0.6) is 0 Å². The molecule has 9 aromatic rings. The van der Waals surface area contributed by atoms with Gasteiger partial charge in [0.15, 0.2) is 17.5 Å². The molecule has 2 aliphatic rings. The third kappa shape index (κ3) is 5.18. The molecule has 0 atom stereocenters. The fourth-order valence-corrected chi connectivity index (χ4v) is 9.87. The SMILES string of the molecule is c1ccc(-c2cccc(-c3nc(-c4cccc(-c5ccccc5)c4)nc(-c4ccc5c(c4)C4(c6ccccc6S5)c5ccccc5-c5ccccc54)n3)c2)cc1. The van der Waals surface area contributed by atoms with Gasteiger partial charge in [-0.3, -0.25) is 0 Å². The fraction of sp³-hybridized carbons (Fsp3) is 0.0192. The summed E-state index contributed by atoms with van der Waals surface area (Å²) in [6.07, 6.45) is 0. The largest absolute Gasteiger partial charge is 0.208 e. The summed E-state index contributed by atoms with van der Waals surface area (Å²) in [5.74, 6) is 1.91. The maximum absolute atomic E-state index is 5.28. The summed E-state index contributed by atoms with van der Waals surface area (Å²) in [6.45, 7) is 0. The zero-order chi connectivity index (χ0) is 37.1. The smallest absolute Gasteiger partial charge is 0.164 e. The first-order chi connectivity index (χ1) is 27.7. The van der Waals surface area contributed by atoms with Gasteiger partial charge in [-0.1, -0.05) is 182 Å². The molecule has 0 N–H and O–H groups in total. The average molecular weight is 732 g/mol. The second-order valence-electron chi connectivity index (χ2n) is 14.4. The highest BCUT2D eigenvalue weighted by Gasteiger charge is 2.50. The molecule has 262 valence electrons. The Bertz CT molecular complexity index is 2810. The molecule has 11 rings (SSSR count). The molecule has 0 fully saturated rings. The van der Waals surface area contributed by atoms with Gasteiger partial charge in [0.1, 0.15) is 0 Å². The first kappa shape index (κ1) is 32.5. The quantitative estimate of drug-likeness (QED) is 0.177. The number of benzene rings is 8. The van der Waals surface area contributed by atoms with Crippen molar-refractivity contribution in [1.29, 1.82) is 0 Å². The molecular weight excluding hydrogens is 699 g/mol. The van der Waals surface area contributed by atoms with Gasteiger partial charge in [-0.15, -0.1) is 0 Å². The van der Waals surface area contributed by atoms with Crippen molar-refractivity contribution in [2.45, 2.75) is 15.2 Å². The maximum atomic E-state index is 5.28. The Morgan fingerprint density at radius 1 is 0.286 bits per heavy atom. The minimum atomic E-state index is -0.493. The van der Waals surface area contributed by atoms with E-state index in [1.807, 2.05) is 23.9 Å². The van der Waals surface area contributed by atoms with Crippen molar-refractivity contribution in [3.05, 3.63) is 222 Å². The molecule has 8 aromatic carbocycles. The van der Waals surface area contributed by atoms with Crippen LogP contribution in [0.2, 0.25) is 0 Å². The molecule has 1 aromatic heterocycles. The number of aromatic nitrogens is 3. The Morgan fingerprint density at radius 2 is 0.696 bits per heavy atom. The van der Waals surface area contributed by atoms with Crippen molar-refractivity contribution in [1.82, 2.24) is 15.0 Å². The predicted octanol–water partition coefficient (Wildman–Crippen LogP) is 13.0. The molecule has 0 amide bonds. The van der Waals surface area contributed by atoms with Crippen LogP contribution < -0.4 is 0 Å². The predicted molar refractivity (Wildman–Crippen MR) is 228 cm³/mol. The standard InChI is InChI=1S/C52H33N3S/c1-3-15-34(16-4-1)36-19-13-21-38(31-36)49-53-50(39-22-14-20-37(32-39)35-17-5-2-6-18-35)55-51(54-49)40-29-30-48-46(33-40)52(45-27-11-12-28-47(45)56-48)43-25-9-7-23-41(43)42-24-8-10-26-44(42)52/h1-33H. The molecule has 0 radical (unpaired) electrons. The van der Waals surface area contributed by atoms with E-state index >= 15 is 0 Å². The third-order valence-corrected chi connectivity index (χ3v) is 12.3. The van der Waals surface area contributed by atoms with Crippen molar-refractivity contribution in [2.24, 2.45) is 0 Å². The summed E-state index contributed by atoms with van der Waals surface area (Å²) in [5.41, 5.74) is 14.6. The lowest BCUT2D eigenvalue weighted by atomic mass is 9.67. The van der Waals surface area contributed by atoms with Gasteiger partial charge in [0.25, 0.3) is 0 Å². The topological polar surface area (TPSA) is 38.7 Å². The number of nitrogens with zero attached hydrogens (tertiary/aromatic N) is 3. The Hall–Kier alpha value is -6.88. The zero-order valence-electron chi connectivity index (χ0n) is 30.3. The lowest BCUT2D eigenvalue weighted by Crippen LogP contribution is -2.32. The van der Waals surface area contributed by atoms with Gasteiger partial charge in [-0.05, 0) is 86.0 Å². The van der Waals surface area contributed by atoms with Gasteiger partial charge in [-0.25, -0.2) is 15.0 Å². The van der Waals surface area contributed by atoms with Crippen LogP contribution in [0.3, 0.4) is 0 Å². The van der Waals surface area contributed by atoms with Gasteiger partial charge in [0.2, 0.25) is 0 Å². The molecular formula is C52H33N3S. The van der Waals surface area contributed by atoms with E-state index in [1.165, 1.54) is 43.2 Å². The number of hydrogen-bond acceptors (Lipinski definition) is 4. The minimum Gasteiger partial charge on any atom is -0.208 e. The first-order valence-corrected chi connectivity index (χ1v) is 19.8. The maximum Gasteiger partial charge on any atom is 0.164 e. The lowest BCUT2D eigenvalue weighted by Gasteiger charge is -2.39. The van der Waals surface area contributed by atoms with Crippen LogP contribution in [-0.4, -0.2) is 15.0 Å². The summed E-state index contributed by atoms with van der Waals surface area (Å²) in [5, 5.41) is 0. The lowest BCUT2D eigenvalue weighted by molar-refractivity contribution is 0.722. The summed E-state index contributed by atoms with van der Waals surface area (Å²) in [7, 11) is 0. The van der Waals surface area contributed by atoms with Crippen LogP contribution >= 0.6 is 11.8 Å². The highest BCUT2D eigenvalue weighted by atomic mass is 32.2. The normalized spacial score (nSPS) is 13.1. The number of hydrogen-bond donors (Lipinski definition) is 0. The van der Waals surface area contributed by atoms with Gasteiger partial charge in [0, 0.05) is 26.5 Å². The average Bonchev–Trinajstić information content (AvgIpc) is 3.57. The van der Waals surface area contributed by atoms with Crippen LogP contribution in [0.25, 0.3) is 67.5 Å². The Labute approximate surface area is 330 Å². The van der Waals surface area contributed by atoms with E-state index in [2.05, 4.69) is 188 Å². The molecule has 1 spiro atoms. The van der Waals surface area contributed by atoms with E-state index in [-0.39, 0.29) is 0 Å². The van der Waals surface area contributed by atoms with Gasteiger partial charge in [0.05, 0.1) is 5.41 Å². The van der Waals surface area contributed by atoms with Crippen molar-refractivity contribution in [3.63, 3.8) is 0 Å². The van der Waals surface area contributed by atoms with Gasteiger partial charge < -0.3 is 0 Å². The molecule has 1 aliphatic heterocycles. The summed E-state index contributed by atoms with van der Waals surface area (Å²) in [4.78, 5) is 18.3. The van der Waals surface area contributed by atoms with Crippen LogP contribution in [0.15, 0.2) is 210 Å². The highest BCUT2D eigenvalue weighted by molar-refractivity contribution is 7.99. The number of rotatable bonds is 5. The van der Waals surface area contributed by atoms with Crippen molar-refractivity contribution < 1.29 is 0 Å². The molecule has 56 heavy (non-hydrogen) atoms. The molecule has 1 aliphatic carbocycles. The molecule has 3 nitrogen and oxygen atoms in total. The van der Waals surface area contributed by atoms with Gasteiger partial charge in [-0.2, -0.15) is 0 Å². The summed E-state index contributed by atoms with van der Waals surface area (Å²) in [6, 6.07) is 71.5. The van der Waals surface area contributed by atoms with E-state index in [9.17, 15) is 0 Å². The minimum absolute atomic E-state index is 0.493. The monoisotopic (exact) mass is 731 g/mol. The molecule has 2 heterocycles. The second-order valence-corrected chi connectivity index (χ2v) is 15.4.